The summed E-state index contributed by atoms with van der Waals surface area (Å²) in [5, 5.41) is 1.26. The quantitative estimate of drug-likeness (QED) is 0.827. The van der Waals surface area contributed by atoms with Crippen LogP contribution in [-0.4, -0.2) is 16.8 Å². The normalized spacial score (nSPS) is 12.2. The molecule has 0 saturated carbocycles. The number of halogens is 1. The standard InChI is InChI=1S/C14H18BrNO/c1-14(2,3)17-9-8-16-7-6-11-10-12(15)4-5-13(11)16/h4-7,10H,8-9H2,1-3H3. The highest BCUT2D eigenvalue weighted by Crippen LogP contribution is 2.21. The predicted octanol–water partition coefficient (Wildman–Crippen LogP) is 4.22. The summed E-state index contributed by atoms with van der Waals surface area (Å²) in [6, 6.07) is 8.48. The first-order chi connectivity index (χ1) is 7.96. The van der Waals surface area contributed by atoms with Crippen LogP contribution in [-0.2, 0) is 11.3 Å². The topological polar surface area (TPSA) is 14.2 Å². The van der Waals surface area contributed by atoms with Crippen LogP contribution in [0.25, 0.3) is 10.9 Å². The lowest BCUT2D eigenvalue weighted by Gasteiger charge is -2.19. The van der Waals surface area contributed by atoms with E-state index in [1.54, 1.807) is 0 Å². The van der Waals surface area contributed by atoms with Crippen molar-refractivity contribution in [2.75, 3.05) is 6.61 Å². The van der Waals surface area contributed by atoms with E-state index in [4.69, 9.17) is 4.74 Å². The molecular formula is C14H18BrNO. The maximum absolute atomic E-state index is 5.75. The second-order valence-electron chi connectivity index (χ2n) is 5.17. The molecule has 0 spiro atoms. The number of rotatable bonds is 3. The number of benzene rings is 1. The third-order valence-corrected chi connectivity index (χ3v) is 3.09. The first-order valence-corrected chi connectivity index (χ1v) is 6.63. The average Bonchev–Trinajstić information content (AvgIpc) is 2.59. The van der Waals surface area contributed by atoms with Crippen molar-refractivity contribution in [3.05, 3.63) is 34.9 Å². The molecule has 1 aromatic carbocycles. The van der Waals surface area contributed by atoms with Gasteiger partial charge in [-0.25, -0.2) is 0 Å². The van der Waals surface area contributed by atoms with Gasteiger partial charge in [-0.15, -0.1) is 0 Å². The van der Waals surface area contributed by atoms with Gasteiger partial charge in [0.05, 0.1) is 12.2 Å². The molecule has 0 fully saturated rings. The zero-order valence-electron chi connectivity index (χ0n) is 10.5. The van der Waals surface area contributed by atoms with Crippen molar-refractivity contribution < 1.29 is 4.74 Å². The molecule has 0 atom stereocenters. The molecular weight excluding hydrogens is 278 g/mol. The second-order valence-corrected chi connectivity index (χ2v) is 6.09. The Bertz CT molecular complexity index is 510. The minimum absolute atomic E-state index is 0.0635. The van der Waals surface area contributed by atoms with Crippen molar-refractivity contribution in [3.63, 3.8) is 0 Å². The minimum Gasteiger partial charge on any atom is -0.374 e. The van der Waals surface area contributed by atoms with Gasteiger partial charge in [0.15, 0.2) is 0 Å². The Labute approximate surface area is 111 Å². The third-order valence-electron chi connectivity index (χ3n) is 2.60. The number of fused-ring (bicyclic) bond motifs is 1. The van der Waals surface area contributed by atoms with Crippen molar-refractivity contribution >= 4 is 26.8 Å². The Kier molecular flexibility index (Phi) is 3.59. The summed E-state index contributed by atoms with van der Waals surface area (Å²) in [5.41, 5.74) is 1.19. The van der Waals surface area contributed by atoms with Gasteiger partial charge in [-0.3, -0.25) is 0 Å². The van der Waals surface area contributed by atoms with Crippen LogP contribution in [0, 0.1) is 0 Å². The molecule has 2 aromatic rings. The summed E-state index contributed by atoms with van der Waals surface area (Å²) in [7, 11) is 0. The fourth-order valence-corrected chi connectivity index (χ4v) is 2.19. The Hall–Kier alpha value is -0.800. The molecule has 1 aromatic heterocycles. The summed E-state index contributed by atoms with van der Waals surface area (Å²) in [6.45, 7) is 7.87. The Morgan fingerprint density at radius 1 is 1.24 bits per heavy atom. The Balaban J connectivity index is 2.09. The SMILES string of the molecule is CC(C)(C)OCCn1ccc2cc(Br)ccc21. The largest absolute Gasteiger partial charge is 0.374 e. The molecule has 2 rings (SSSR count). The van der Waals surface area contributed by atoms with Crippen molar-refractivity contribution in [1.82, 2.24) is 4.57 Å². The van der Waals surface area contributed by atoms with E-state index in [1.807, 2.05) is 0 Å². The van der Waals surface area contributed by atoms with Gasteiger partial charge in [0.1, 0.15) is 0 Å². The molecule has 1 heterocycles. The van der Waals surface area contributed by atoms with E-state index in [1.165, 1.54) is 10.9 Å². The molecule has 2 nitrogen and oxygen atoms in total. The first kappa shape index (κ1) is 12.7. The lowest BCUT2D eigenvalue weighted by atomic mass is 10.2. The van der Waals surface area contributed by atoms with E-state index in [0.717, 1.165) is 17.6 Å². The number of ether oxygens (including phenoxy) is 1. The molecule has 0 aliphatic carbocycles. The zero-order chi connectivity index (χ0) is 12.5. The van der Waals surface area contributed by atoms with E-state index in [2.05, 4.69) is 71.7 Å². The highest BCUT2D eigenvalue weighted by Gasteiger charge is 2.09. The van der Waals surface area contributed by atoms with Crippen molar-refractivity contribution in [3.8, 4) is 0 Å². The molecule has 0 radical (unpaired) electrons. The van der Waals surface area contributed by atoms with Crippen LogP contribution in [0.5, 0.6) is 0 Å². The van der Waals surface area contributed by atoms with Crippen LogP contribution < -0.4 is 0 Å². The van der Waals surface area contributed by atoms with Gasteiger partial charge in [0, 0.05) is 28.1 Å². The average molecular weight is 296 g/mol. The molecule has 0 saturated heterocycles. The van der Waals surface area contributed by atoms with Crippen LogP contribution in [0.1, 0.15) is 20.8 Å². The fraction of sp³-hybridized carbons (Fsp3) is 0.429. The fourth-order valence-electron chi connectivity index (χ4n) is 1.82. The molecule has 0 amide bonds. The molecule has 92 valence electrons. The molecule has 0 bridgehead atoms. The molecule has 0 unspecified atom stereocenters. The molecule has 17 heavy (non-hydrogen) atoms. The van der Waals surface area contributed by atoms with Crippen molar-refractivity contribution in [2.24, 2.45) is 0 Å². The smallest absolute Gasteiger partial charge is 0.0652 e. The van der Waals surface area contributed by atoms with Crippen LogP contribution >= 0.6 is 15.9 Å². The molecule has 0 N–H and O–H groups in total. The number of nitrogens with zero attached hydrogens (tertiary/aromatic N) is 1. The van der Waals surface area contributed by atoms with Gasteiger partial charge in [-0.05, 0) is 45.0 Å². The number of hydrogen-bond donors (Lipinski definition) is 0. The van der Waals surface area contributed by atoms with E-state index >= 15 is 0 Å². The van der Waals surface area contributed by atoms with Gasteiger partial charge < -0.3 is 9.30 Å². The maximum atomic E-state index is 5.75. The predicted molar refractivity (Wildman–Crippen MR) is 75.3 cm³/mol. The molecule has 0 aliphatic rings. The van der Waals surface area contributed by atoms with Crippen LogP contribution in [0.4, 0.5) is 0 Å². The first-order valence-electron chi connectivity index (χ1n) is 5.84. The second kappa shape index (κ2) is 4.83. The van der Waals surface area contributed by atoms with Gasteiger partial charge in [-0.2, -0.15) is 0 Å². The van der Waals surface area contributed by atoms with Gasteiger partial charge in [0.2, 0.25) is 0 Å². The van der Waals surface area contributed by atoms with Gasteiger partial charge in [0.25, 0.3) is 0 Å². The van der Waals surface area contributed by atoms with Crippen molar-refractivity contribution in [2.45, 2.75) is 32.9 Å². The van der Waals surface area contributed by atoms with E-state index in [9.17, 15) is 0 Å². The van der Waals surface area contributed by atoms with E-state index < -0.39 is 0 Å². The lowest BCUT2D eigenvalue weighted by molar-refractivity contribution is -0.00644. The van der Waals surface area contributed by atoms with Crippen LogP contribution in [0.3, 0.4) is 0 Å². The third kappa shape index (κ3) is 3.33. The summed E-state index contributed by atoms with van der Waals surface area (Å²) in [4.78, 5) is 0. The minimum atomic E-state index is -0.0635. The van der Waals surface area contributed by atoms with E-state index in [0.29, 0.717) is 0 Å². The molecule has 0 aliphatic heterocycles. The maximum Gasteiger partial charge on any atom is 0.0652 e. The van der Waals surface area contributed by atoms with Gasteiger partial charge >= 0.3 is 0 Å². The Morgan fingerprint density at radius 2 is 2.00 bits per heavy atom. The summed E-state index contributed by atoms with van der Waals surface area (Å²) >= 11 is 3.49. The van der Waals surface area contributed by atoms with E-state index in [-0.39, 0.29) is 5.60 Å². The highest BCUT2D eigenvalue weighted by atomic mass is 79.9. The highest BCUT2D eigenvalue weighted by molar-refractivity contribution is 9.10. The van der Waals surface area contributed by atoms with Gasteiger partial charge in [-0.1, -0.05) is 15.9 Å². The van der Waals surface area contributed by atoms with Crippen LogP contribution in [0.2, 0.25) is 0 Å². The summed E-state index contributed by atoms with van der Waals surface area (Å²) in [6.07, 6.45) is 2.11. The summed E-state index contributed by atoms with van der Waals surface area (Å²) < 4.78 is 9.09. The number of hydrogen-bond acceptors (Lipinski definition) is 1. The summed E-state index contributed by atoms with van der Waals surface area (Å²) in [5.74, 6) is 0. The Morgan fingerprint density at radius 3 is 2.71 bits per heavy atom. The number of aromatic nitrogens is 1. The van der Waals surface area contributed by atoms with Crippen LogP contribution in [0.15, 0.2) is 34.9 Å². The zero-order valence-corrected chi connectivity index (χ0v) is 12.1. The van der Waals surface area contributed by atoms with Crippen molar-refractivity contribution in [1.29, 1.82) is 0 Å². The monoisotopic (exact) mass is 295 g/mol. The lowest BCUT2D eigenvalue weighted by Crippen LogP contribution is -2.21. The molecule has 3 heteroatoms.